The van der Waals surface area contributed by atoms with Crippen LogP contribution < -0.4 is 5.73 Å². The van der Waals surface area contributed by atoms with Crippen LogP contribution in [0.3, 0.4) is 0 Å². The van der Waals surface area contributed by atoms with Crippen LogP contribution in [0.4, 0.5) is 0 Å². The van der Waals surface area contributed by atoms with Gasteiger partial charge in [0, 0.05) is 10.9 Å². The van der Waals surface area contributed by atoms with Crippen molar-refractivity contribution in [3.8, 4) is 0 Å². The number of primary amides is 1. The van der Waals surface area contributed by atoms with Gasteiger partial charge in [0.2, 0.25) is 5.91 Å². The Labute approximate surface area is 98.3 Å². The number of halogens is 1. The predicted octanol–water partition coefficient (Wildman–Crippen LogP) is 2.95. The number of carbonyl (C=O) groups is 1. The largest absolute Gasteiger partial charge is 0.369 e. The summed E-state index contributed by atoms with van der Waals surface area (Å²) >= 11 is 3.44. The fraction of sp³-hybridized carbons (Fsp3) is 0.250. The van der Waals surface area contributed by atoms with Crippen LogP contribution >= 0.6 is 15.9 Å². The lowest BCUT2D eigenvalue weighted by Gasteiger charge is -2.05. The maximum Gasteiger partial charge on any atom is 0.221 e. The van der Waals surface area contributed by atoms with Gasteiger partial charge in [0.25, 0.3) is 0 Å². The van der Waals surface area contributed by atoms with Gasteiger partial charge in [-0.05, 0) is 42.7 Å². The van der Waals surface area contributed by atoms with E-state index in [1.54, 1.807) is 6.08 Å². The van der Waals surface area contributed by atoms with E-state index in [1.807, 2.05) is 19.9 Å². The zero-order valence-electron chi connectivity index (χ0n) is 8.88. The normalized spacial score (nSPS) is 10.9. The average molecular weight is 268 g/mol. The molecule has 2 N–H and O–H groups in total. The summed E-state index contributed by atoms with van der Waals surface area (Å²) in [7, 11) is 0. The molecule has 0 aliphatic carbocycles. The van der Waals surface area contributed by atoms with E-state index in [9.17, 15) is 4.79 Å². The molecule has 0 radical (unpaired) electrons. The van der Waals surface area contributed by atoms with E-state index in [-0.39, 0.29) is 12.3 Å². The third-order valence-corrected chi connectivity index (χ3v) is 2.62. The Balaban J connectivity index is 2.94. The molecule has 0 spiro atoms. The number of nitrogens with two attached hydrogens (primary N) is 1. The Bertz CT molecular complexity index is 387. The maximum absolute atomic E-state index is 10.6. The van der Waals surface area contributed by atoms with Gasteiger partial charge in [-0.3, -0.25) is 4.79 Å². The van der Waals surface area contributed by atoms with E-state index < -0.39 is 0 Å². The van der Waals surface area contributed by atoms with Gasteiger partial charge in [0.05, 0.1) is 0 Å². The van der Waals surface area contributed by atoms with E-state index in [0.717, 1.165) is 10.0 Å². The zero-order chi connectivity index (χ0) is 11.4. The van der Waals surface area contributed by atoms with Crippen molar-refractivity contribution in [3.05, 3.63) is 39.4 Å². The highest BCUT2D eigenvalue weighted by atomic mass is 79.9. The van der Waals surface area contributed by atoms with E-state index >= 15 is 0 Å². The molecular weight excluding hydrogens is 254 g/mol. The minimum Gasteiger partial charge on any atom is -0.369 e. The first kappa shape index (κ1) is 12.0. The lowest BCUT2D eigenvalue weighted by Crippen LogP contribution is -2.07. The van der Waals surface area contributed by atoms with Crippen molar-refractivity contribution >= 4 is 27.9 Å². The van der Waals surface area contributed by atoms with Gasteiger partial charge in [-0.25, -0.2) is 0 Å². The van der Waals surface area contributed by atoms with Gasteiger partial charge >= 0.3 is 0 Å². The Kier molecular flexibility index (Phi) is 4.09. The number of carbonyl (C=O) groups excluding carboxylic acids is 1. The third-order valence-electron chi connectivity index (χ3n) is 2.16. The summed E-state index contributed by atoms with van der Waals surface area (Å²) in [5.41, 5.74) is 8.58. The summed E-state index contributed by atoms with van der Waals surface area (Å²) in [5, 5.41) is 0. The van der Waals surface area contributed by atoms with Crippen LogP contribution in [0.25, 0.3) is 6.08 Å². The molecule has 1 rings (SSSR count). The molecule has 0 aromatic heterocycles. The lowest BCUT2D eigenvalue weighted by atomic mass is 10.0. The monoisotopic (exact) mass is 267 g/mol. The fourth-order valence-corrected chi connectivity index (χ4v) is 2.16. The van der Waals surface area contributed by atoms with Crippen molar-refractivity contribution in [2.24, 2.45) is 5.73 Å². The summed E-state index contributed by atoms with van der Waals surface area (Å²) in [6.07, 6.45) is 4.03. The molecule has 0 fully saturated rings. The van der Waals surface area contributed by atoms with Crippen molar-refractivity contribution in [2.75, 3.05) is 0 Å². The molecule has 1 aromatic rings. The molecule has 3 heteroatoms. The van der Waals surface area contributed by atoms with Gasteiger partial charge in [-0.1, -0.05) is 28.1 Å². The van der Waals surface area contributed by atoms with Crippen molar-refractivity contribution in [1.82, 2.24) is 0 Å². The molecular formula is C12H14BrNO. The van der Waals surface area contributed by atoms with Gasteiger partial charge in [0.15, 0.2) is 0 Å². The Morgan fingerprint density at radius 3 is 2.40 bits per heavy atom. The Morgan fingerprint density at radius 1 is 1.40 bits per heavy atom. The standard InChI is InChI=1S/C12H14BrNO/c1-8-6-10(13)7-9(2)11(8)4-3-5-12(14)15/h3-4,6-7H,5H2,1-2H3,(H2,14,15). The van der Waals surface area contributed by atoms with Crippen LogP contribution in [0, 0.1) is 13.8 Å². The van der Waals surface area contributed by atoms with Gasteiger partial charge in [-0.2, -0.15) is 0 Å². The third kappa shape index (κ3) is 3.51. The second-order valence-electron chi connectivity index (χ2n) is 3.53. The highest BCUT2D eigenvalue weighted by Gasteiger charge is 2.00. The summed E-state index contributed by atoms with van der Waals surface area (Å²) in [6, 6.07) is 4.11. The number of rotatable bonds is 3. The first-order chi connectivity index (χ1) is 7.00. The summed E-state index contributed by atoms with van der Waals surface area (Å²) in [6.45, 7) is 4.09. The zero-order valence-corrected chi connectivity index (χ0v) is 10.5. The molecule has 0 bridgehead atoms. The molecule has 1 amide bonds. The molecule has 0 aliphatic heterocycles. The lowest BCUT2D eigenvalue weighted by molar-refractivity contribution is -0.117. The van der Waals surface area contributed by atoms with Gasteiger partial charge in [-0.15, -0.1) is 0 Å². The number of hydrogen-bond acceptors (Lipinski definition) is 1. The van der Waals surface area contributed by atoms with Crippen molar-refractivity contribution in [3.63, 3.8) is 0 Å². The predicted molar refractivity (Wildman–Crippen MR) is 66.5 cm³/mol. The minimum absolute atomic E-state index is 0.287. The second-order valence-corrected chi connectivity index (χ2v) is 4.44. The van der Waals surface area contributed by atoms with E-state index in [2.05, 4.69) is 28.1 Å². The topological polar surface area (TPSA) is 43.1 Å². The molecule has 0 atom stereocenters. The molecule has 80 valence electrons. The van der Waals surface area contributed by atoms with E-state index in [4.69, 9.17) is 5.73 Å². The van der Waals surface area contributed by atoms with Crippen molar-refractivity contribution in [1.29, 1.82) is 0 Å². The van der Waals surface area contributed by atoms with Crippen LogP contribution in [0.15, 0.2) is 22.7 Å². The van der Waals surface area contributed by atoms with Gasteiger partial charge in [0.1, 0.15) is 0 Å². The smallest absolute Gasteiger partial charge is 0.221 e. The average Bonchev–Trinajstić information content (AvgIpc) is 2.08. The number of hydrogen-bond donors (Lipinski definition) is 1. The molecule has 0 heterocycles. The molecule has 0 saturated heterocycles. The van der Waals surface area contributed by atoms with Crippen LogP contribution in [-0.4, -0.2) is 5.91 Å². The fourth-order valence-electron chi connectivity index (χ4n) is 1.48. The summed E-state index contributed by atoms with van der Waals surface area (Å²) in [5.74, 6) is -0.307. The van der Waals surface area contributed by atoms with Crippen molar-refractivity contribution in [2.45, 2.75) is 20.3 Å². The summed E-state index contributed by atoms with van der Waals surface area (Å²) < 4.78 is 1.07. The Hall–Kier alpha value is -1.09. The highest BCUT2D eigenvalue weighted by Crippen LogP contribution is 2.21. The van der Waals surface area contributed by atoms with Crippen LogP contribution in [-0.2, 0) is 4.79 Å². The molecule has 1 aromatic carbocycles. The molecule has 0 aliphatic rings. The second kappa shape index (κ2) is 5.12. The number of aryl methyl sites for hydroxylation is 2. The SMILES string of the molecule is Cc1cc(Br)cc(C)c1C=CCC(N)=O. The quantitative estimate of drug-likeness (QED) is 0.899. The summed E-state index contributed by atoms with van der Waals surface area (Å²) in [4.78, 5) is 10.6. The Morgan fingerprint density at radius 2 is 1.93 bits per heavy atom. The van der Waals surface area contributed by atoms with Crippen LogP contribution in [0.5, 0.6) is 0 Å². The minimum atomic E-state index is -0.307. The number of benzene rings is 1. The maximum atomic E-state index is 10.6. The molecule has 15 heavy (non-hydrogen) atoms. The first-order valence-electron chi connectivity index (χ1n) is 4.72. The van der Waals surface area contributed by atoms with Crippen LogP contribution in [0.1, 0.15) is 23.1 Å². The molecule has 0 saturated carbocycles. The highest BCUT2D eigenvalue weighted by molar-refractivity contribution is 9.10. The van der Waals surface area contributed by atoms with Gasteiger partial charge < -0.3 is 5.73 Å². The van der Waals surface area contributed by atoms with Crippen LogP contribution in [0.2, 0.25) is 0 Å². The molecule has 0 unspecified atom stereocenters. The first-order valence-corrected chi connectivity index (χ1v) is 5.51. The molecule has 2 nitrogen and oxygen atoms in total. The van der Waals surface area contributed by atoms with Crippen molar-refractivity contribution < 1.29 is 4.79 Å². The van der Waals surface area contributed by atoms with E-state index in [0.29, 0.717) is 0 Å². The van der Waals surface area contributed by atoms with E-state index in [1.165, 1.54) is 11.1 Å². The number of amides is 1.